The maximum atomic E-state index is 15.1. The average molecular weight is 430 g/mol. The SMILES string of the molecule is CN(c1ccnc(N2CCOCC2)n1)C1CCN(c2ncnc(C(C)(C)C)c2F)CC1. The summed E-state index contributed by atoms with van der Waals surface area (Å²) in [6.45, 7) is 10.4. The normalized spacial score (nSPS) is 18.4. The van der Waals surface area contributed by atoms with Gasteiger partial charge >= 0.3 is 0 Å². The number of rotatable bonds is 4. The van der Waals surface area contributed by atoms with Crippen LogP contribution in [0.4, 0.5) is 22.0 Å². The van der Waals surface area contributed by atoms with Crippen molar-refractivity contribution < 1.29 is 9.13 Å². The molecule has 0 spiro atoms. The van der Waals surface area contributed by atoms with Gasteiger partial charge in [-0.2, -0.15) is 4.98 Å². The summed E-state index contributed by atoms with van der Waals surface area (Å²) in [6.07, 6.45) is 5.11. The van der Waals surface area contributed by atoms with Gasteiger partial charge in [0, 0.05) is 50.9 Å². The molecule has 2 aromatic rings. The monoisotopic (exact) mass is 429 g/mol. The Hall–Kier alpha value is -2.55. The summed E-state index contributed by atoms with van der Waals surface area (Å²) in [5.41, 5.74) is 0.110. The average Bonchev–Trinajstić information content (AvgIpc) is 2.79. The largest absolute Gasteiger partial charge is 0.378 e. The zero-order chi connectivity index (χ0) is 22.0. The van der Waals surface area contributed by atoms with Crippen LogP contribution < -0.4 is 14.7 Å². The van der Waals surface area contributed by atoms with Gasteiger partial charge in [0.25, 0.3) is 0 Å². The maximum absolute atomic E-state index is 15.1. The Morgan fingerprint density at radius 3 is 2.42 bits per heavy atom. The van der Waals surface area contributed by atoms with E-state index in [2.05, 4.69) is 31.8 Å². The molecule has 0 unspecified atom stereocenters. The molecular weight excluding hydrogens is 397 g/mol. The third-order valence-corrected chi connectivity index (χ3v) is 6.08. The third-order valence-electron chi connectivity index (χ3n) is 6.08. The van der Waals surface area contributed by atoms with Crippen molar-refractivity contribution in [2.24, 2.45) is 0 Å². The highest BCUT2D eigenvalue weighted by Crippen LogP contribution is 2.30. The van der Waals surface area contributed by atoms with Crippen LogP contribution in [0.3, 0.4) is 0 Å². The molecule has 0 atom stereocenters. The Balaban J connectivity index is 1.42. The molecule has 2 aliphatic heterocycles. The molecule has 0 bridgehead atoms. The first kappa shape index (κ1) is 21.7. The van der Waals surface area contributed by atoms with E-state index in [4.69, 9.17) is 9.72 Å². The minimum absolute atomic E-state index is 0.298. The van der Waals surface area contributed by atoms with Crippen LogP contribution in [-0.4, -0.2) is 72.4 Å². The molecule has 0 aromatic carbocycles. The van der Waals surface area contributed by atoms with Gasteiger partial charge in [-0.05, 0) is 18.9 Å². The molecule has 0 aliphatic carbocycles. The van der Waals surface area contributed by atoms with E-state index in [1.807, 2.05) is 37.9 Å². The first-order valence-electron chi connectivity index (χ1n) is 11.0. The van der Waals surface area contributed by atoms with Crippen molar-refractivity contribution in [2.75, 3.05) is 61.1 Å². The van der Waals surface area contributed by atoms with Gasteiger partial charge in [-0.3, -0.25) is 0 Å². The Kier molecular flexibility index (Phi) is 6.22. The van der Waals surface area contributed by atoms with Crippen molar-refractivity contribution >= 4 is 17.6 Å². The fourth-order valence-electron chi connectivity index (χ4n) is 4.21. The number of nitrogens with zero attached hydrogens (tertiary/aromatic N) is 7. The first-order chi connectivity index (χ1) is 14.8. The van der Waals surface area contributed by atoms with Crippen molar-refractivity contribution in [1.29, 1.82) is 0 Å². The second-order valence-corrected chi connectivity index (χ2v) is 9.25. The molecule has 0 N–H and O–H groups in total. The smallest absolute Gasteiger partial charge is 0.227 e. The van der Waals surface area contributed by atoms with Gasteiger partial charge in [-0.15, -0.1) is 0 Å². The predicted molar refractivity (Wildman–Crippen MR) is 119 cm³/mol. The number of morpholine rings is 1. The summed E-state index contributed by atoms with van der Waals surface area (Å²) >= 11 is 0. The highest BCUT2D eigenvalue weighted by atomic mass is 19.1. The first-order valence-corrected chi connectivity index (χ1v) is 11.0. The van der Waals surface area contributed by atoms with Gasteiger partial charge in [0.2, 0.25) is 5.95 Å². The second-order valence-electron chi connectivity index (χ2n) is 9.25. The molecule has 168 valence electrons. The number of hydrogen-bond acceptors (Lipinski definition) is 8. The number of hydrogen-bond donors (Lipinski definition) is 0. The molecular formula is C22H32FN7O. The van der Waals surface area contributed by atoms with Gasteiger partial charge in [0.15, 0.2) is 11.6 Å². The molecule has 0 radical (unpaired) electrons. The van der Waals surface area contributed by atoms with Crippen molar-refractivity contribution in [1.82, 2.24) is 19.9 Å². The Bertz CT molecular complexity index is 890. The minimum atomic E-state index is -0.356. The van der Waals surface area contributed by atoms with Crippen LogP contribution in [0.25, 0.3) is 0 Å². The molecule has 2 saturated heterocycles. The Morgan fingerprint density at radius 1 is 1.03 bits per heavy atom. The van der Waals surface area contributed by atoms with Gasteiger partial charge in [-0.25, -0.2) is 19.3 Å². The quantitative estimate of drug-likeness (QED) is 0.735. The lowest BCUT2D eigenvalue weighted by Crippen LogP contribution is -2.44. The minimum Gasteiger partial charge on any atom is -0.378 e. The number of piperidine rings is 1. The zero-order valence-electron chi connectivity index (χ0n) is 18.9. The van der Waals surface area contributed by atoms with Crippen LogP contribution in [0.2, 0.25) is 0 Å². The molecule has 2 aliphatic rings. The Labute approximate surface area is 183 Å². The van der Waals surface area contributed by atoms with E-state index in [9.17, 15) is 0 Å². The lowest BCUT2D eigenvalue weighted by atomic mass is 9.91. The van der Waals surface area contributed by atoms with Gasteiger partial charge in [0.05, 0.1) is 18.9 Å². The van der Waals surface area contributed by atoms with Crippen molar-refractivity contribution in [3.05, 3.63) is 30.1 Å². The number of ether oxygens (including phenoxy) is 1. The van der Waals surface area contributed by atoms with Crippen LogP contribution in [0, 0.1) is 5.82 Å². The van der Waals surface area contributed by atoms with E-state index in [0.717, 1.165) is 50.8 Å². The van der Waals surface area contributed by atoms with E-state index in [1.54, 1.807) is 0 Å². The lowest BCUT2D eigenvalue weighted by Gasteiger charge is -2.38. The number of anilines is 3. The van der Waals surface area contributed by atoms with Crippen LogP contribution in [-0.2, 0) is 10.2 Å². The molecule has 2 aromatic heterocycles. The second kappa shape index (κ2) is 8.90. The highest BCUT2D eigenvalue weighted by Gasteiger charge is 2.29. The topological polar surface area (TPSA) is 70.5 Å². The van der Waals surface area contributed by atoms with Crippen LogP contribution >= 0.6 is 0 Å². The highest BCUT2D eigenvalue weighted by molar-refractivity contribution is 5.46. The molecule has 2 fully saturated rings. The maximum Gasteiger partial charge on any atom is 0.227 e. The summed E-state index contributed by atoms with van der Waals surface area (Å²) in [5.74, 6) is 1.78. The van der Waals surface area contributed by atoms with Crippen molar-refractivity contribution in [3.63, 3.8) is 0 Å². The summed E-state index contributed by atoms with van der Waals surface area (Å²) in [6, 6.07) is 2.28. The van der Waals surface area contributed by atoms with Crippen molar-refractivity contribution in [3.8, 4) is 0 Å². The predicted octanol–water partition coefficient (Wildman–Crippen LogP) is 2.65. The van der Waals surface area contributed by atoms with Crippen molar-refractivity contribution in [2.45, 2.75) is 45.1 Å². The third kappa shape index (κ3) is 4.71. The number of aromatic nitrogens is 4. The molecule has 0 amide bonds. The van der Waals surface area contributed by atoms with E-state index >= 15 is 4.39 Å². The lowest BCUT2D eigenvalue weighted by molar-refractivity contribution is 0.122. The van der Waals surface area contributed by atoms with Gasteiger partial charge in [0.1, 0.15) is 12.1 Å². The molecule has 0 saturated carbocycles. The van der Waals surface area contributed by atoms with E-state index in [0.29, 0.717) is 30.8 Å². The zero-order valence-corrected chi connectivity index (χ0v) is 18.9. The molecule has 4 heterocycles. The Morgan fingerprint density at radius 2 is 1.74 bits per heavy atom. The van der Waals surface area contributed by atoms with E-state index < -0.39 is 0 Å². The van der Waals surface area contributed by atoms with Gasteiger partial charge < -0.3 is 19.4 Å². The van der Waals surface area contributed by atoms with E-state index in [1.165, 1.54) is 6.33 Å². The van der Waals surface area contributed by atoms with Crippen LogP contribution in [0.5, 0.6) is 0 Å². The van der Waals surface area contributed by atoms with Gasteiger partial charge in [-0.1, -0.05) is 20.8 Å². The fraction of sp³-hybridized carbons (Fsp3) is 0.636. The summed E-state index contributed by atoms with van der Waals surface area (Å²) in [4.78, 5) is 24.1. The summed E-state index contributed by atoms with van der Waals surface area (Å²) < 4.78 is 20.5. The number of halogens is 1. The summed E-state index contributed by atoms with van der Waals surface area (Å²) in [5, 5.41) is 0. The summed E-state index contributed by atoms with van der Waals surface area (Å²) in [7, 11) is 2.08. The molecule has 9 heteroatoms. The van der Waals surface area contributed by atoms with Crippen LogP contribution in [0.1, 0.15) is 39.3 Å². The molecule has 8 nitrogen and oxygen atoms in total. The molecule has 4 rings (SSSR count). The standard InChI is InChI=1S/C22H32FN7O/c1-22(2,3)19-18(23)20(26-15-25-19)29-9-6-16(7-10-29)28(4)17-5-8-24-21(27-17)30-11-13-31-14-12-30/h5,8,15-16H,6-7,9-14H2,1-4H3. The molecule has 31 heavy (non-hydrogen) atoms. The van der Waals surface area contributed by atoms with E-state index in [-0.39, 0.29) is 11.2 Å². The fourth-order valence-corrected chi connectivity index (χ4v) is 4.21. The van der Waals surface area contributed by atoms with Crippen LogP contribution in [0.15, 0.2) is 18.6 Å².